The van der Waals surface area contributed by atoms with Crippen molar-refractivity contribution in [1.82, 2.24) is 5.32 Å². The molecule has 0 aliphatic rings. The van der Waals surface area contributed by atoms with Crippen LogP contribution in [0.2, 0.25) is 10.0 Å². The fourth-order valence-corrected chi connectivity index (χ4v) is 2.72. The van der Waals surface area contributed by atoms with Crippen molar-refractivity contribution >= 4 is 35.0 Å². The summed E-state index contributed by atoms with van der Waals surface area (Å²) in [6.07, 6.45) is 0.544. The SMILES string of the molecule is NCCC(NC(=O)c1ccc(Cl)c(C(N)=O)c1)c1cccc(Cl)c1. The summed E-state index contributed by atoms with van der Waals surface area (Å²) in [4.78, 5) is 23.8. The number of nitrogens with two attached hydrogens (primary N) is 2. The summed E-state index contributed by atoms with van der Waals surface area (Å²) in [5, 5.41) is 3.67. The van der Waals surface area contributed by atoms with E-state index in [-0.39, 0.29) is 28.1 Å². The van der Waals surface area contributed by atoms with E-state index in [9.17, 15) is 9.59 Å². The lowest BCUT2D eigenvalue weighted by molar-refractivity contribution is 0.0935. The number of hydrogen-bond acceptors (Lipinski definition) is 3. The van der Waals surface area contributed by atoms with Gasteiger partial charge >= 0.3 is 0 Å². The monoisotopic (exact) mass is 365 g/mol. The summed E-state index contributed by atoms with van der Waals surface area (Å²) in [6, 6.07) is 11.3. The standard InChI is InChI=1S/C17H17Cl2N3O2/c18-12-3-1-2-10(8-12)15(6-7-20)22-17(24)11-4-5-14(19)13(9-11)16(21)23/h1-5,8-9,15H,6-7,20H2,(H2,21,23)(H,22,24). The first-order valence-corrected chi connectivity index (χ1v) is 8.03. The molecule has 1 atom stereocenters. The maximum Gasteiger partial charge on any atom is 0.251 e. The number of benzene rings is 2. The number of carbonyl (C=O) groups excluding carboxylic acids is 2. The van der Waals surface area contributed by atoms with Gasteiger partial charge in [0.25, 0.3) is 5.91 Å². The fraction of sp³-hybridized carbons (Fsp3) is 0.176. The normalized spacial score (nSPS) is 11.8. The molecule has 0 aromatic heterocycles. The average Bonchev–Trinajstić information content (AvgIpc) is 2.54. The fourth-order valence-electron chi connectivity index (χ4n) is 2.31. The molecule has 0 fully saturated rings. The molecule has 2 aromatic rings. The van der Waals surface area contributed by atoms with Gasteiger partial charge in [0.1, 0.15) is 0 Å². The van der Waals surface area contributed by atoms with Crippen LogP contribution >= 0.6 is 23.2 Å². The molecule has 2 aromatic carbocycles. The van der Waals surface area contributed by atoms with Gasteiger partial charge in [-0.1, -0.05) is 35.3 Å². The number of primary amides is 1. The molecule has 0 heterocycles. The van der Waals surface area contributed by atoms with E-state index in [0.717, 1.165) is 5.56 Å². The van der Waals surface area contributed by atoms with E-state index in [4.69, 9.17) is 34.7 Å². The number of hydrogen-bond donors (Lipinski definition) is 3. The van der Waals surface area contributed by atoms with E-state index in [2.05, 4.69) is 5.32 Å². The van der Waals surface area contributed by atoms with Crippen LogP contribution < -0.4 is 16.8 Å². The molecule has 7 heteroatoms. The number of nitrogens with one attached hydrogen (secondary N) is 1. The highest BCUT2D eigenvalue weighted by molar-refractivity contribution is 6.34. The molecule has 0 spiro atoms. The number of halogens is 2. The average molecular weight is 366 g/mol. The Kier molecular flexibility index (Phi) is 6.20. The Morgan fingerprint density at radius 1 is 1.12 bits per heavy atom. The topological polar surface area (TPSA) is 98.2 Å². The van der Waals surface area contributed by atoms with Gasteiger partial charge in [-0.15, -0.1) is 0 Å². The summed E-state index contributed by atoms with van der Waals surface area (Å²) in [5.74, 6) is -1.05. The zero-order chi connectivity index (χ0) is 17.7. The third-order valence-electron chi connectivity index (χ3n) is 3.51. The minimum Gasteiger partial charge on any atom is -0.366 e. The zero-order valence-corrected chi connectivity index (χ0v) is 14.3. The molecule has 2 rings (SSSR count). The Hall–Kier alpha value is -2.08. The Morgan fingerprint density at radius 2 is 1.88 bits per heavy atom. The smallest absolute Gasteiger partial charge is 0.251 e. The van der Waals surface area contributed by atoms with Crippen LogP contribution in [-0.2, 0) is 0 Å². The highest BCUT2D eigenvalue weighted by Gasteiger charge is 2.17. The molecule has 5 nitrogen and oxygen atoms in total. The van der Waals surface area contributed by atoms with E-state index in [1.807, 2.05) is 6.07 Å². The third-order valence-corrected chi connectivity index (χ3v) is 4.07. The molecule has 24 heavy (non-hydrogen) atoms. The van der Waals surface area contributed by atoms with E-state index in [0.29, 0.717) is 18.0 Å². The number of amides is 2. The van der Waals surface area contributed by atoms with E-state index in [1.54, 1.807) is 18.2 Å². The second-order valence-corrected chi connectivity index (χ2v) is 6.06. The summed E-state index contributed by atoms with van der Waals surface area (Å²) in [6.45, 7) is 0.393. The van der Waals surface area contributed by atoms with Gasteiger partial charge in [-0.2, -0.15) is 0 Å². The van der Waals surface area contributed by atoms with Crippen LogP contribution in [-0.4, -0.2) is 18.4 Å². The van der Waals surface area contributed by atoms with Crippen molar-refractivity contribution in [3.8, 4) is 0 Å². The minimum atomic E-state index is -0.692. The van der Waals surface area contributed by atoms with E-state index < -0.39 is 5.91 Å². The van der Waals surface area contributed by atoms with E-state index >= 15 is 0 Å². The van der Waals surface area contributed by atoms with Gasteiger partial charge < -0.3 is 16.8 Å². The Labute approximate surface area is 149 Å². The van der Waals surface area contributed by atoms with Gasteiger partial charge in [-0.3, -0.25) is 9.59 Å². The van der Waals surface area contributed by atoms with Gasteiger partial charge in [0.15, 0.2) is 0 Å². The Bertz CT molecular complexity index is 765. The van der Waals surface area contributed by atoms with Crippen LogP contribution in [0.25, 0.3) is 0 Å². The number of carbonyl (C=O) groups is 2. The van der Waals surface area contributed by atoms with Gasteiger partial charge in [0.2, 0.25) is 5.91 Å². The highest BCUT2D eigenvalue weighted by atomic mass is 35.5. The molecule has 0 bridgehead atoms. The largest absolute Gasteiger partial charge is 0.366 e. The first-order chi connectivity index (χ1) is 11.4. The minimum absolute atomic E-state index is 0.0995. The van der Waals surface area contributed by atoms with Gasteiger partial charge in [-0.05, 0) is 48.9 Å². The molecule has 0 radical (unpaired) electrons. The summed E-state index contributed by atoms with van der Waals surface area (Å²) < 4.78 is 0. The maximum atomic E-state index is 12.5. The summed E-state index contributed by atoms with van der Waals surface area (Å²) in [7, 11) is 0. The third kappa shape index (κ3) is 4.47. The first kappa shape index (κ1) is 18.3. The van der Waals surface area contributed by atoms with Crippen molar-refractivity contribution in [2.75, 3.05) is 6.54 Å². The van der Waals surface area contributed by atoms with Crippen molar-refractivity contribution in [3.63, 3.8) is 0 Å². The van der Waals surface area contributed by atoms with Crippen molar-refractivity contribution in [2.24, 2.45) is 11.5 Å². The van der Waals surface area contributed by atoms with Gasteiger partial charge in [-0.25, -0.2) is 0 Å². The predicted octanol–water partition coefficient (Wildman–Crippen LogP) is 2.91. The predicted molar refractivity (Wildman–Crippen MR) is 95.3 cm³/mol. The van der Waals surface area contributed by atoms with Crippen LogP contribution in [0.5, 0.6) is 0 Å². The molecule has 2 amide bonds. The molecule has 0 saturated heterocycles. The quantitative estimate of drug-likeness (QED) is 0.733. The molecule has 5 N–H and O–H groups in total. The van der Waals surface area contributed by atoms with Gasteiger partial charge in [0.05, 0.1) is 16.6 Å². The molecular formula is C17H17Cl2N3O2. The van der Waals surface area contributed by atoms with Crippen LogP contribution in [0.4, 0.5) is 0 Å². The molecule has 0 aliphatic carbocycles. The lowest BCUT2D eigenvalue weighted by atomic mass is 10.0. The van der Waals surface area contributed by atoms with Crippen LogP contribution in [0.1, 0.15) is 38.7 Å². The van der Waals surface area contributed by atoms with Crippen molar-refractivity contribution in [3.05, 3.63) is 69.2 Å². The van der Waals surface area contributed by atoms with E-state index in [1.165, 1.54) is 18.2 Å². The van der Waals surface area contributed by atoms with Crippen molar-refractivity contribution < 1.29 is 9.59 Å². The Balaban J connectivity index is 2.25. The van der Waals surface area contributed by atoms with Crippen LogP contribution in [0.3, 0.4) is 0 Å². The number of rotatable bonds is 6. The maximum absolute atomic E-state index is 12.5. The lowest BCUT2D eigenvalue weighted by Crippen LogP contribution is -2.30. The highest BCUT2D eigenvalue weighted by Crippen LogP contribution is 2.22. The molecule has 126 valence electrons. The molecule has 0 saturated carbocycles. The second-order valence-electron chi connectivity index (χ2n) is 5.22. The summed E-state index contributed by atoms with van der Waals surface area (Å²) >= 11 is 11.9. The first-order valence-electron chi connectivity index (χ1n) is 7.28. The molecule has 1 unspecified atom stereocenters. The van der Waals surface area contributed by atoms with Crippen molar-refractivity contribution in [1.29, 1.82) is 0 Å². The Morgan fingerprint density at radius 3 is 2.50 bits per heavy atom. The molecular weight excluding hydrogens is 349 g/mol. The van der Waals surface area contributed by atoms with Crippen LogP contribution in [0.15, 0.2) is 42.5 Å². The molecule has 0 aliphatic heterocycles. The van der Waals surface area contributed by atoms with Gasteiger partial charge in [0, 0.05) is 10.6 Å². The van der Waals surface area contributed by atoms with Crippen molar-refractivity contribution in [2.45, 2.75) is 12.5 Å². The summed E-state index contributed by atoms with van der Waals surface area (Å²) in [5.41, 5.74) is 12.1. The second kappa shape index (κ2) is 8.15. The van der Waals surface area contributed by atoms with Crippen LogP contribution in [0, 0.1) is 0 Å². The zero-order valence-electron chi connectivity index (χ0n) is 12.8. The lowest BCUT2D eigenvalue weighted by Gasteiger charge is -2.19.